The SMILES string of the molecule is CN(C)C(=O)c1ccccc1NC(=O)C(=O)NCCCC1CCCC1. The molecule has 1 saturated carbocycles. The molecule has 0 heterocycles. The fourth-order valence-corrected chi connectivity index (χ4v) is 3.17. The van der Waals surface area contributed by atoms with Crippen molar-refractivity contribution in [1.82, 2.24) is 10.2 Å². The van der Waals surface area contributed by atoms with Crippen molar-refractivity contribution in [3.8, 4) is 0 Å². The van der Waals surface area contributed by atoms with Gasteiger partial charge in [0.05, 0.1) is 11.3 Å². The van der Waals surface area contributed by atoms with Gasteiger partial charge >= 0.3 is 11.8 Å². The van der Waals surface area contributed by atoms with Crippen LogP contribution in [0.15, 0.2) is 24.3 Å². The monoisotopic (exact) mass is 345 g/mol. The van der Waals surface area contributed by atoms with Gasteiger partial charge in [-0.05, 0) is 30.9 Å². The van der Waals surface area contributed by atoms with E-state index in [1.807, 2.05) is 0 Å². The van der Waals surface area contributed by atoms with Crippen LogP contribution in [0.3, 0.4) is 0 Å². The third kappa shape index (κ3) is 5.59. The first-order chi connectivity index (χ1) is 12.0. The number of anilines is 1. The lowest BCUT2D eigenvalue weighted by atomic mass is 10.0. The number of carbonyl (C=O) groups excluding carboxylic acids is 3. The van der Waals surface area contributed by atoms with Crippen molar-refractivity contribution in [2.24, 2.45) is 5.92 Å². The number of benzene rings is 1. The predicted octanol–water partition coefficient (Wildman–Crippen LogP) is 2.41. The maximum Gasteiger partial charge on any atom is 0.313 e. The van der Waals surface area contributed by atoms with Crippen LogP contribution in [0.4, 0.5) is 5.69 Å². The minimum absolute atomic E-state index is 0.229. The van der Waals surface area contributed by atoms with Crippen LogP contribution in [0.1, 0.15) is 48.9 Å². The molecule has 1 aliphatic rings. The summed E-state index contributed by atoms with van der Waals surface area (Å²) in [6.07, 6.45) is 7.17. The molecule has 1 aliphatic carbocycles. The first-order valence-corrected chi connectivity index (χ1v) is 8.89. The molecule has 6 nitrogen and oxygen atoms in total. The summed E-state index contributed by atoms with van der Waals surface area (Å²) in [5.74, 6) is -0.874. The first kappa shape index (κ1) is 19.0. The third-order valence-corrected chi connectivity index (χ3v) is 4.57. The minimum Gasteiger partial charge on any atom is -0.348 e. The van der Waals surface area contributed by atoms with Gasteiger partial charge in [0, 0.05) is 20.6 Å². The van der Waals surface area contributed by atoms with E-state index >= 15 is 0 Å². The fourth-order valence-electron chi connectivity index (χ4n) is 3.17. The van der Waals surface area contributed by atoms with Gasteiger partial charge in [0.2, 0.25) is 0 Å². The Morgan fingerprint density at radius 1 is 1.08 bits per heavy atom. The molecule has 136 valence electrons. The van der Waals surface area contributed by atoms with Crippen LogP contribution in [0.25, 0.3) is 0 Å². The van der Waals surface area contributed by atoms with E-state index in [0.717, 1.165) is 18.8 Å². The molecule has 0 unspecified atom stereocenters. The highest BCUT2D eigenvalue weighted by molar-refractivity contribution is 6.40. The second-order valence-corrected chi connectivity index (χ2v) is 6.75. The van der Waals surface area contributed by atoms with Crippen molar-refractivity contribution in [2.75, 3.05) is 26.0 Å². The molecule has 0 aliphatic heterocycles. The van der Waals surface area contributed by atoms with Crippen LogP contribution < -0.4 is 10.6 Å². The average molecular weight is 345 g/mol. The Bertz CT molecular complexity index is 622. The van der Waals surface area contributed by atoms with Crippen LogP contribution in [-0.2, 0) is 9.59 Å². The van der Waals surface area contributed by atoms with Gasteiger partial charge in [-0.25, -0.2) is 0 Å². The van der Waals surface area contributed by atoms with Gasteiger partial charge in [0.15, 0.2) is 0 Å². The number of carbonyl (C=O) groups is 3. The van der Waals surface area contributed by atoms with E-state index < -0.39 is 11.8 Å². The summed E-state index contributed by atoms with van der Waals surface area (Å²) in [5, 5.41) is 5.18. The van der Waals surface area contributed by atoms with Gasteiger partial charge < -0.3 is 15.5 Å². The molecule has 0 aromatic heterocycles. The molecule has 1 fully saturated rings. The van der Waals surface area contributed by atoms with Crippen LogP contribution in [-0.4, -0.2) is 43.3 Å². The molecule has 1 aromatic rings. The zero-order chi connectivity index (χ0) is 18.2. The smallest absolute Gasteiger partial charge is 0.313 e. The number of nitrogens with zero attached hydrogens (tertiary/aromatic N) is 1. The molecule has 0 spiro atoms. The zero-order valence-electron chi connectivity index (χ0n) is 15.0. The van der Waals surface area contributed by atoms with Crippen molar-refractivity contribution in [2.45, 2.75) is 38.5 Å². The van der Waals surface area contributed by atoms with Crippen LogP contribution >= 0.6 is 0 Å². The highest BCUT2D eigenvalue weighted by Gasteiger charge is 2.19. The quantitative estimate of drug-likeness (QED) is 0.614. The lowest BCUT2D eigenvalue weighted by Gasteiger charge is -2.14. The maximum atomic E-state index is 12.1. The Morgan fingerprint density at radius 2 is 1.76 bits per heavy atom. The molecular formula is C19H27N3O3. The lowest BCUT2D eigenvalue weighted by molar-refractivity contribution is -0.136. The molecule has 0 radical (unpaired) electrons. The minimum atomic E-state index is -0.750. The number of hydrogen-bond donors (Lipinski definition) is 2. The predicted molar refractivity (Wildman–Crippen MR) is 97.3 cm³/mol. The second-order valence-electron chi connectivity index (χ2n) is 6.75. The summed E-state index contributed by atoms with van der Waals surface area (Å²) in [6.45, 7) is 0.501. The van der Waals surface area contributed by atoms with E-state index in [1.165, 1.54) is 30.6 Å². The number of nitrogens with one attached hydrogen (secondary N) is 2. The molecule has 6 heteroatoms. The Balaban J connectivity index is 1.82. The van der Waals surface area contributed by atoms with E-state index in [4.69, 9.17) is 0 Å². The molecule has 0 saturated heterocycles. The van der Waals surface area contributed by atoms with E-state index in [9.17, 15) is 14.4 Å². The van der Waals surface area contributed by atoms with Crippen LogP contribution in [0.2, 0.25) is 0 Å². The Hall–Kier alpha value is -2.37. The van der Waals surface area contributed by atoms with Gasteiger partial charge in [0.25, 0.3) is 5.91 Å². The summed E-state index contributed by atoms with van der Waals surface area (Å²) in [5.41, 5.74) is 0.696. The molecule has 3 amide bonds. The Kier molecular flexibility index (Phi) is 6.98. The van der Waals surface area contributed by atoms with Crippen molar-refractivity contribution in [3.63, 3.8) is 0 Å². The zero-order valence-corrected chi connectivity index (χ0v) is 15.0. The Morgan fingerprint density at radius 3 is 2.44 bits per heavy atom. The second kappa shape index (κ2) is 9.20. The van der Waals surface area contributed by atoms with Crippen LogP contribution in [0.5, 0.6) is 0 Å². The fraction of sp³-hybridized carbons (Fsp3) is 0.526. The number of para-hydroxylation sites is 1. The van der Waals surface area contributed by atoms with E-state index in [2.05, 4.69) is 10.6 Å². The van der Waals surface area contributed by atoms with Crippen molar-refractivity contribution in [3.05, 3.63) is 29.8 Å². The average Bonchev–Trinajstić information content (AvgIpc) is 3.11. The summed E-state index contributed by atoms with van der Waals surface area (Å²) in [4.78, 5) is 37.6. The first-order valence-electron chi connectivity index (χ1n) is 8.89. The van der Waals surface area contributed by atoms with E-state index in [-0.39, 0.29) is 5.91 Å². The maximum absolute atomic E-state index is 12.1. The van der Waals surface area contributed by atoms with Gasteiger partial charge in [-0.3, -0.25) is 14.4 Å². The number of amides is 3. The standard InChI is InChI=1S/C19H27N3O3/c1-22(2)19(25)15-11-5-6-12-16(15)21-18(24)17(23)20-13-7-10-14-8-3-4-9-14/h5-6,11-12,14H,3-4,7-10,13H2,1-2H3,(H,20,23)(H,21,24). The Labute approximate surface area is 149 Å². The molecule has 25 heavy (non-hydrogen) atoms. The molecule has 0 atom stereocenters. The summed E-state index contributed by atoms with van der Waals surface area (Å²) >= 11 is 0. The van der Waals surface area contributed by atoms with Gasteiger partial charge in [0.1, 0.15) is 0 Å². The van der Waals surface area contributed by atoms with Gasteiger partial charge in [-0.2, -0.15) is 0 Å². The summed E-state index contributed by atoms with van der Waals surface area (Å²) in [6, 6.07) is 6.66. The van der Waals surface area contributed by atoms with Crippen LogP contribution in [0, 0.1) is 5.92 Å². The number of rotatable bonds is 6. The van der Waals surface area contributed by atoms with Gasteiger partial charge in [-0.1, -0.05) is 37.8 Å². The molecule has 0 bridgehead atoms. The summed E-state index contributed by atoms with van der Waals surface area (Å²) < 4.78 is 0. The molecule has 2 N–H and O–H groups in total. The highest BCUT2D eigenvalue weighted by Crippen LogP contribution is 2.28. The van der Waals surface area contributed by atoms with Crippen molar-refractivity contribution >= 4 is 23.4 Å². The summed E-state index contributed by atoms with van der Waals surface area (Å²) in [7, 11) is 3.27. The lowest BCUT2D eigenvalue weighted by Crippen LogP contribution is -2.36. The topological polar surface area (TPSA) is 78.5 Å². The van der Waals surface area contributed by atoms with Crippen molar-refractivity contribution < 1.29 is 14.4 Å². The molecule has 1 aromatic carbocycles. The van der Waals surface area contributed by atoms with E-state index in [0.29, 0.717) is 17.8 Å². The highest BCUT2D eigenvalue weighted by atomic mass is 16.2. The third-order valence-electron chi connectivity index (χ3n) is 4.57. The number of hydrogen-bond acceptors (Lipinski definition) is 3. The van der Waals surface area contributed by atoms with E-state index in [1.54, 1.807) is 38.4 Å². The molecule has 2 rings (SSSR count). The molecular weight excluding hydrogens is 318 g/mol. The van der Waals surface area contributed by atoms with Crippen molar-refractivity contribution in [1.29, 1.82) is 0 Å². The normalized spacial score (nSPS) is 14.2. The van der Waals surface area contributed by atoms with Gasteiger partial charge in [-0.15, -0.1) is 0 Å². The largest absolute Gasteiger partial charge is 0.348 e.